The number of nitrogens with two attached hydrogens (primary N) is 1. The van der Waals surface area contributed by atoms with E-state index in [1.54, 1.807) is 49.0 Å². The molecular weight excluding hydrogens is 409 g/mol. The minimum absolute atomic E-state index is 0.00828. The SMILES string of the molecule is CCOP(=O)(COCCn1cnc2c(N)nc(C(=O)c3ccccc3)nc21)OCC. The molecule has 30 heavy (non-hydrogen) atoms. The number of aromatic nitrogens is 4. The van der Waals surface area contributed by atoms with E-state index in [0.29, 0.717) is 23.3 Å². The second kappa shape index (κ2) is 9.90. The third-order valence-electron chi connectivity index (χ3n) is 4.11. The molecule has 2 aromatic heterocycles. The van der Waals surface area contributed by atoms with Crippen molar-refractivity contribution in [1.82, 2.24) is 19.5 Å². The smallest absolute Gasteiger partial charge is 0.356 e. The van der Waals surface area contributed by atoms with Crippen LogP contribution >= 0.6 is 7.60 Å². The number of fused-ring (bicyclic) bond motifs is 1. The van der Waals surface area contributed by atoms with Crippen LogP contribution in [0.3, 0.4) is 0 Å². The van der Waals surface area contributed by atoms with Gasteiger partial charge in [0.1, 0.15) is 11.9 Å². The van der Waals surface area contributed by atoms with Crippen LogP contribution in [0.25, 0.3) is 11.2 Å². The van der Waals surface area contributed by atoms with Gasteiger partial charge >= 0.3 is 7.60 Å². The summed E-state index contributed by atoms with van der Waals surface area (Å²) in [4.78, 5) is 25.4. The Morgan fingerprint density at radius 2 is 1.83 bits per heavy atom. The van der Waals surface area contributed by atoms with Crippen molar-refractivity contribution in [3.05, 3.63) is 48.0 Å². The zero-order chi connectivity index (χ0) is 21.6. The molecule has 3 aromatic rings. The summed E-state index contributed by atoms with van der Waals surface area (Å²) in [7, 11) is -3.27. The average molecular weight is 433 g/mol. The van der Waals surface area contributed by atoms with Crippen molar-refractivity contribution in [2.45, 2.75) is 20.4 Å². The lowest BCUT2D eigenvalue weighted by Crippen LogP contribution is -2.12. The van der Waals surface area contributed by atoms with Crippen molar-refractivity contribution in [1.29, 1.82) is 0 Å². The topological polar surface area (TPSA) is 131 Å². The fourth-order valence-corrected chi connectivity index (χ4v) is 4.16. The molecule has 0 unspecified atom stereocenters. The first kappa shape index (κ1) is 22.0. The van der Waals surface area contributed by atoms with Gasteiger partial charge < -0.3 is 24.1 Å². The molecule has 11 heteroatoms. The third-order valence-corrected chi connectivity index (χ3v) is 5.91. The van der Waals surface area contributed by atoms with E-state index in [4.69, 9.17) is 19.5 Å². The third kappa shape index (κ3) is 5.09. The summed E-state index contributed by atoms with van der Waals surface area (Å²) in [5.74, 6) is -0.218. The van der Waals surface area contributed by atoms with E-state index in [0.717, 1.165) is 0 Å². The second-order valence-electron chi connectivity index (χ2n) is 6.22. The number of ether oxygens (including phenoxy) is 1. The summed E-state index contributed by atoms with van der Waals surface area (Å²) < 4.78 is 30.0. The van der Waals surface area contributed by atoms with Gasteiger partial charge in [0.05, 0.1) is 26.1 Å². The van der Waals surface area contributed by atoms with Crippen LogP contribution in [0, 0.1) is 0 Å². The molecule has 0 saturated carbocycles. The number of hydrogen-bond donors (Lipinski definition) is 1. The molecule has 1 aromatic carbocycles. The van der Waals surface area contributed by atoms with Crippen molar-refractivity contribution < 1.29 is 23.1 Å². The maximum absolute atomic E-state index is 12.7. The van der Waals surface area contributed by atoms with Crippen LogP contribution in [-0.2, 0) is 24.9 Å². The number of rotatable bonds is 11. The van der Waals surface area contributed by atoms with Crippen LogP contribution in [0.2, 0.25) is 0 Å². The number of ketones is 1. The van der Waals surface area contributed by atoms with Crippen molar-refractivity contribution in [2.24, 2.45) is 0 Å². The Morgan fingerprint density at radius 3 is 2.50 bits per heavy atom. The Morgan fingerprint density at radius 1 is 1.13 bits per heavy atom. The predicted molar refractivity (Wildman–Crippen MR) is 111 cm³/mol. The minimum atomic E-state index is -3.27. The summed E-state index contributed by atoms with van der Waals surface area (Å²) in [5, 5.41) is 0. The highest BCUT2D eigenvalue weighted by molar-refractivity contribution is 7.53. The lowest BCUT2D eigenvalue weighted by atomic mass is 10.1. The van der Waals surface area contributed by atoms with Gasteiger partial charge in [-0.3, -0.25) is 9.36 Å². The van der Waals surface area contributed by atoms with Crippen LogP contribution < -0.4 is 5.73 Å². The summed E-state index contributed by atoms with van der Waals surface area (Å²) in [5.41, 5.74) is 7.27. The quantitative estimate of drug-likeness (QED) is 0.275. The molecule has 2 heterocycles. The van der Waals surface area contributed by atoms with E-state index in [2.05, 4.69) is 15.0 Å². The summed E-state index contributed by atoms with van der Waals surface area (Å²) in [6, 6.07) is 8.72. The lowest BCUT2D eigenvalue weighted by molar-refractivity contribution is 0.102. The fraction of sp³-hybridized carbons (Fsp3) is 0.368. The molecule has 0 aliphatic carbocycles. The van der Waals surface area contributed by atoms with Gasteiger partial charge in [-0.2, -0.15) is 0 Å². The van der Waals surface area contributed by atoms with E-state index in [9.17, 15) is 9.36 Å². The van der Waals surface area contributed by atoms with Gasteiger partial charge in [0.15, 0.2) is 11.5 Å². The molecule has 160 valence electrons. The molecular formula is C19H24N5O5P. The molecule has 0 amide bonds. The summed E-state index contributed by atoms with van der Waals surface area (Å²) in [6.07, 6.45) is 1.39. The number of imidazole rings is 1. The summed E-state index contributed by atoms with van der Waals surface area (Å²) >= 11 is 0. The zero-order valence-electron chi connectivity index (χ0n) is 16.9. The van der Waals surface area contributed by atoms with Gasteiger partial charge in [0.2, 0.25) is 11.6 Å². The van der Waals surface area contributed by atoms with Gasteiger partial charge in [-0.1, -0.05) is 30.3 Å². The standard InChI is InChI=1S/C19H24N5O5P/c1-3-28-30(26,29-4-2)13-27-11-10-24-12-21-15-17(20)22-18(23-19(15)24)16(25)14-8-6-5-7-9-14/h5-9,12H,3-4,10-11,13H2,1-2H3,(H2,20,22,23). The van der Waals surface area contributed by atoms with Crippen molar-refractivity contribution in [2.75, 3.05) is 31.9 Å². The Labute approximate surface area is 173 Å². The molecule has 0 bridgehead atoms. The van der Waals surface area contributed by atoms with E-state index in [1.807, 2.05) is 6.07 Å². The van der Waals surface area contributed by atoms with Crippen molar-refractivity contribution in [3.8, 4) is 0 Å². The largest absolute Gasteiger partial charge is 0.382 e. The Bertz CT molecular complexity index is 1050. The number of nitrogen functional groups attached to an aromatic ring is 1. The normalized spacial score (nSPS) is 11.8. The van der Waals surface area contributed by atoms with Gasteiger partial charge in [-0.15, -0.1) is 0 Å². The fourth-order valence-electron chi connectivity index (χ4n) is 2.79. The zero-order valence-corrected chi connectivity index (χ0v) is 17.7. The van der Waals surface area contributed by atoms with E-state index >= 15 is 0 Å². The van der Waals surface area contributed by atoms with E-state index in [1.165, 1.54) is 0 Å². The molecule has 0 radical (unpaired) electrons. The molecule has 0 fully saturated rings. The first-order chi connectivity index (χ1) is 14.5. The minimum Gasteiger partial charge on any atom is -0.382 e. The highest BCUT2D eigenvalue weighted by atomic mass is 31.2. The van der Waals surface area contributed by atoms with Gasteiger partial charge in [0.25, 0.3) is 0 Å². The van der Waals surface area contributed by atoms with Gasteiger partial charge in [-0.05, 0) is 13.8 Å². The second-order valence-corrected chi connectivity index (χ2v) is 8.22. The van der Waals surface area contributed by atoms with Gasteiger partial charge in [-0.25, -0.2) is 15.0 Å². The van der Waals surface area contributed by atoms with Crippen molar-refractivity contribution in [3.63, 3.8) is 0 Å². The number of carbonyl (C=O) groups excluding carboxylic acids is 1. The Hall–Kier alpha value is -2.65. The number of anilines is 1. The number of hydrogen-bond acceptors (Lipinski definition) is 9. The number of carbonyl (C=O) groups is 1. The van der Waals surface area contributed by atoms with Crippen LogP contribution in [0.5, 0.6) is 0 Å². The van der Waals surface area contributed by atoms with Crippen LogP contribution in [0.15, 0.2) is 36.7 Å². The molecule has 0 aliphatic rings. The molecule has 0 saturated heterocycles. The van der Waals surface area contributed by atoms with E-state index in [-0.39, 0.29) is 43.6 Å². The molecule has 10 nitrogen and oxygen atoms in total. The number of nitrogens with zero attached hydrogens (tertiary/aromatic N) is 4. The van der Waals surface area contributed by atoms with Crippen LogP contribution in [-0.4, -0.2) is 51.5 Å². The average Bonchev–Trinajstić information content (AvgIpc) is 3.15. The highest BCUT2D eigenvalue weighted by Gasteiger charge is 2.24. The van der Waals surface area contributed by atoms with Crippen molar-refractivity contribution >= 4 is 30.4 Å². The van der Waals surface area contributed by atoms with Gasteiger partial charge in [0, 0.05) is 12.1 Å². The molecule has 3 rings (SSSR count). The predicted octanol–water partition coefficient (Wildman–Crippen LogP) is 2.88. The maximum Gasteiger partial charge on any atom is 0.356 e. The van der Waals surface area contributed by atoms with Crippen LogP contribution in [0.4, 0.5) is 5.82 Å². The summed E-state index contributed by atoms with van der Waals surface area (Å²) in [6.45, 7) is 4.57. The Kier molecular flexibility index (Phi) is 7.28. The molecule has 0 aliphatic heterocycles. The molecule has 0 spiro atoms. The number of benzene rings is 1. The molecule has 2 N–H and O–H groups in total. The monoisotopic (exact) mass is 433 g/mol. The molecule has 0 atom stereocenters. The lowest BCUT2D eigenvalue weighted by Gasteiger charge is -2.16. The Balaban J connectivity index is 1.73. The van der Waals surface area contributed by atoms with E-state index < -0.39 is 7.60 Å². The first-order valence-electron chi connectivity index (χ1n) is 9.51. The van der Waals surface area contributed by atoms with Crippen LogP contribution in [0.1, 0.15) is 30.0 Å². The highest BCUT2D eigenvalue weighted by Crippen LogP contribution is 2.47. The maximum atomic E-state index is 12.7. The first-order valence-corrected chi connectivity index (χ1v) is 11.2.